The molecule has 3 nitrogen and oxygen atoms in total. The lowest BCUT2D eigenvalue weighted by Crippen LogP contribution is -2.34. The summed E-state index contributed by atoms with van der Waals surface area (Å²) in [7, 11) is 1.87. The lowest BCUT2D eigenvalue weighted by Gasteiger charge is -2.24. The van der Waals surface area contributed by atoms with Crippen molar-refractivity contribution in [3.05, 3.63) is 12.2 Å². The molecule has 0 fully saturated rings. The van der Waals surface area contributed by atoms with Crippen LogP contribution in [-0.4, -0.2) is 30.9 Å². The molecule has 3 heteroatoms. The van der Waals surface area contributed by atoms with Crippen LogP contribution in [0.1, 0.15) is 25.7 Å². The largest absolute Gasteiger partial charge is 0.345 e. The van der Waals surface area contributed by atoms with Gasteiger partial charge in [0.25, 0.3) is 0 Å². The molecule has 1 rings (SSSR count). The molecule has 1 amide bonds. The van der Waals surface area contributed by atoms with Crippen LogP contribution in [0.4, 0.5) is 0 Å². The fourth-order valence-electron chi connectivity index (χ4n) is 1.77. The zero-order valence-corrected chi connectivity index (χ0v) is 8.91. The van der Waals surface area contributed by atoms with Gasteiger partial charge in [-0.3, -0.25) is 4.79 Å². The molecule has 0 aromatic heterocycles. The van der Waals surface area contributed by atoms with Crippen LogP contribution in [0.2, 0.25) is 0 Å². The molecule has 1 unspecified atom stereocenters. The van der Waals surface area contributed by atoms with E-state index in [4.69, 9.17) is 5.73 Å². The van der Waals surface area contributed by atoms with E-state index < -0.39 is 0 Å². The van der Waals surface area contributed by atoms with Crippen molar-refractivity contribution in [1.29, 1.82) is 0 Å². The number of amides is 1. The first kappa shape index (κ1) is 11.2. The Morgan fingerprint density at radius 3 is 2.93 bits per heavy atom. The summed E-state index contributed by atoms with van der Waals surface area (Å²) < 4.78 is 0. The summed E-state index contributed by atoms with van der Waals surface area (Å²) in [5, 5.41) is 0. The van der Waals surface area contributed by atoms with Crippen LogP contribution in [-0.2, 0) is 4.79 Å². The van der Waals surface area contributed by atoms with E-state index in [1.807, 2.05) is 11.9 Å². The van der Waals surface area contributed by atoms with Gasteiger partial charge in [0.2, 0.25) is 5.91 Å². The average Bonchev–Trinajstić information content (AvgIpc) is 2.26. The zero-order valence-electron chi connectivity index (χ0n) is 8.91. The second-order valence-corrected chi connectivity index (χ2v) is 3.88. The Morgan fingerprint density at radius 1 is 1.57 bits per heavy atom. The van der Waals surface area contributed by atoms with Gasteiger partial charge in [-0.25, -0.2) is 0 Å². The number of hydrogen-bond acceptors (Lipinski definition) is 2. The third kappa shape index (κ3) is 3.14. The first-order valence-electron chi connectivity index (χ1n) is 5.35. The van der Waals surface area contributed by atoms with Gasteiger partial charge in [0.05, 0.1) is 0 Å². The second-order valence-electron chi connectivity index (χ2n) is 3.88. The van der Waals surface area contributed by atoms with Crippen molar-refractivity contribution in [3.63, 3.8) is 0 Å². The topological polar surface area (TPSA) is 46.3 Å². The molecule has 0 aromatic carbocycles. The normalized spacial score (nSPS) is 20.9. The summed E-state index contributed by atoms with van der Waals surface area (Å²) in [5.74, 6) is 0.491. The smallest absolute Gasteiger partial charge is 0.225 e. The van der Waals surface area contributed by atoms with Gasteiger partial charge >= 0.3 is 0 Å². The van der Waals surface area contributed by atoms with E-state index in [0.717, 1.165) is 32.2 Å². The van der Waals surface area contributed by atoms with E-state index >= 15 is 0 Å². The van der Waals surface area contributed by atoms with Crippen molar-refractivity contribution in [2.45, 2.75) is 25.7 Å². The first-order chi connectivity index (χ1) is 6.75. The van der Waals surface area contributed by atoms with E-state index in [9.17, 15) is 4.79 Å². The minimum absolute atomic E-state index is 0.211. The van der Waals surface area contributed by atoms with Crippen LogP contribution >= 0.6 is 0 Å². The Morgan fingerprint density at radius 2 is 2.36 bits per heavy atom. The maximum absolute atomic E-state index is 11.9. The molecule has 2 N–H and O–H groups in total. The Labute approximate surface area is 86.0 Å². The monoisotopic (exact) mass is 196 g/mol. The summed E-state index contributed by atoms with van der Waals surface area (Å²) in [6.07, 6.45) is 8.12. The summed E-state index contributed by atoms with van der Waals surface area (Å²) in [5.41, 5.74) is 5.41. The first-order valence-corrected chi connectivity index (χ1v) is 5.35. The molecular formula is C11H20N2O. The molecule has 1 aliphatic rings. The van der Waals surface area contributed by atoms with Crippen molar-refractivity contribution in [2.75, 3.05) is 20.1 Å². The average molecular weight is 196 g/mol. The molecular weight excluding hydrogens is 176 g/mol. The van der Waals surface area contributed by atoms with Crippen LogP contribution in [0.25, 0.3) is 0 Å². The van der Waals surface area contributed by atoms with Crippen LogP contribution in [0.5, 0.6) is 0 Å². The quantitative estimate of drug-likeness (QED) is 0.686. The number of carbonyl (C=O) groups is 1. The highest BCUT2D eigenvalue weighted by Crippen LogP contribution is 2.19. The van der Waals surface area contributed by atoms with Crippen LogP contribution in [0, 0.1) is 5.92 Å². The third-order valence-corrected chi connectivity index (χ3v) is 2.69. The van der Waals surface area contributed by atoms with E-state index in [-0.39, 0.29) is 11.8 Å². The maximum Gasteiger partial charge on any atom is 0.225 e. The van der Waals surface area contributed by atoms with Gasteiger partial charge in [-0.15, -0.1) is 0 Å². The van der Waals surface area contributed by atoms with Gasteiger partial charge in [0.15, 0.2) is 0 Å². The molecule has 0 saturated heterocycles. The van der Waals surface area contributed by atoms with E-state index in [1.165, 1.54) is 0 Å². The minimum Gasteiger partial charge on any atom is -0.345 e. The van der Waals surface area contributed by atoms with Crippen molar-refractivity contribution in [2.24, 2.45) is 11.7 Å². The number of nitrogens with two attached hydrogens (primary N) is 1. The Hall–Kier alpha value is -0.830. The summed E-state index contributed by atoms with van der Waals surface area (Å²) in [6.45, 7) is 1.44. The Balaban J connectivity index is 2.35. The number of carbonyl (C=O) groups excluding carboxylic acids is 1. The van der Waals surface area contributed by atoms with Crippen molar-refractivity contribution < 1.29 is 4.79 Å². The molecule has 0 bridgehead atoms. The van der Waals surface area contributed by atoms with E-state index in [0.29, 0.717) is 6.54 Å². The molecule has 14 heavy (non-hydrogen) atoms. The predicted octanol–water partition coefficient (Wildman–Crippen LogP) is 1.15. The molecule has 1 atom stereocenters. The lowest BCUT2D eigenvalue weighted by atomic mass is 9.93. The number of hydrogen-bond donors (Lipinski definition) is 1. The fraction of sp³-hybridized carbons (Fsp3) is 0.727. The van der Waals surface area contributed by atoms with Gasteiger partial charge in [-0.2, -0.15) is 0 Å². The third-order valence-electron chi connectivity index (χ3n) is 2.69. The molecule has 0 aromatic rings. The van der Waals surface area contributed by atoms with Crippen molar-refractivity contribution in [1.82, 2.24) is 4.90 Å². The Kier molecular flexibility index (Phi) is 4.66. The maximum atomic E-state index is 11.9. The summed E-state index contributed by atoms with van der Waals surface area (Å²) in [6, 6.07) is 0. The highest BCUT2D eigenvalue weighted by Gasteiger charge is 2.21. The molecule has 1 aliphatic carbocycles. The highest BCUT2D eigenvalue weighted by molar-refractivity contribution is 5.78. The van der Waals surface area contributed by atoms with Crippen molar-refractivity contribution >= 4 is 5.91 Å². The standard InChI is InChI=1S/C11H20N2O/c1-13(9-5-8-12)11(14)10-6-3-2-4-7-10/h2-3,10H,4-9,12H2,1H3. The summed E-state index contributed by atoms with van der Waals surface area (Å²) in [4.78, 5) is 13.7. The number of allylic oxidation sites excluding steroid dienone is 2. The van der Waals surface area contributed by atoms with Crippen LogP contribution in [0.15, 0.2) is 12.2 Å². The number of nitrogens with zero attached hydrogens (tertiary/aromatic N) is 1. The Bertz CT molecular complexity index is 213. The molecule has 0 aliphatic heterocycles. The van der Waals surface area contributed by atoms with Gasteiger partial charge in [-0.1, -0.05) is 12.2 Å². The highest BCUT2D eigenvalue weighted by atomic mass is 16.2. The van der Waals surface area contributed by atoms with Gasteiger partial charge in [0, 0.05) is 19.5 Å². The lowest BCUT2D eigenvalue weighted by molar-refractivity contribution is -0.134. The molecule has 0 saturated carbocycles. The van der Waals surface area contributed by atoms with Gasteiger partial charge in [0.1, 0.15) is 0 Å². The minimum atomic E-state index is 0.211. The molecule has 0 radical (unpaired) electrons. The zero-order chi connectivity index (χ0) is 10.4. The molecule has 0 heterocycles. The fourth-order valence-corrected chi connectivity index (χ4v) is 1.77. The van der Waals surface area contributed by atoms with Crippen LogP contribution in [0.3, 0.4) is 0 Å². The molecule has 0 spiro atoms. The van der Waals surface area contributed by atoms with Gasteiger partial charge < -0.3 is 10.6 Å². The summed E-state index contributed by atoms with van der Waals surface area (Å²) >= 11 is 0. The SMILES string of the molecule is CN(CCCN)C(=O)C1CC=CCC1. The predicted molar refractivity (Wildman–Crippen MR) is 57.8 cm³/mol. The van der Waals surface area contributed by atoms with Crippen LogP contribution < -0.4 is 5.73 Å². The second kappa shape index (κ2) is 5.81. The molecule has 80 valence electrons. The van der Waals surface area contributed by atoms with Gasteiger partial charge in [-0.05, 0) is 32.2 Å². The van der Waals surface area contributed by atoms with Crippen molar-refractivity contribution in [3.8, 4) is 0 Å². The van der Waals surface area contributed by atoms with E-state index in [1.54, 1.807) is 0 Å². The van der Waals surface area contributed by atoms with E-state index in [2.05, 4.69) is 12.2 Å². The number of rotatable bonds is 4.